The number of halogens is 1. The molecule has 0 spiro atoms. The van der Waals surface area contributed by atoms with Crippen molar-refractivity contribution >= 4 is 50.0 Å². The van der Waals surface area contributed by atoms with Gasteiger partial charge >= 0.3 is 0 Å². The summed E-state index contributed by atoms with van der Waals surface area (Å²) in [7, 11) is 0. The number of hydrogen-bond donors (Lipinski definition) is 1. The number of anilines is 1. The molecule has 3 heterocycles. The number of fused-ring (bicyclic) bond motifs is 1. The van der Waals surface area contributed by atoms with Crippen molar-refractivity contribution in [3.05, 3.63) is 33.0 Å². The van der Waals surface area contributed by atoms with Gasteiger partial charge in [-0.3, -0.25) is 4.98 Å². The van der Waals surface area contributed by atoms with E-state index in [1.807, 2.05) is 17.6 Å². The van der Waals surface area contributed by atoms with Gasteiger partial charge in [0.2, 0.25) is 0 Å². The van der Waals surface area contributed by atoms with Crippen molar-refractivity contribution < 1.29 is 0 Å². The third-order valence-electron chi connectivity index (χ3n) is 3.11. The number of pyridine rings is 1. The second kappa shape index (κ2) is 5.84. The van der Waals surface area contributed by atoms with Gasteiger partial charge in [-0.05, 0) is 52.4 Å². The van der Waals surface area contributed by atoms with E-state index in [1.165, 1.54) is 0 Å². The van der Waals surface area contributed by atoms with Gasteiger partial charge < -0.3 is 5.73 Å². The van der Waals surface area contributed by atoms with Crippen LogP contribution >= 0.6 is 33.9 Å². The lowest BCUT2D eigenvalue weighted by molar-refractivity contribution is 0.632. The molecule has 2 N–H and O–H groups in total. The molecule has 0 fully saturated rings. The molecule has 3 rings (SSSR count). The average Bonchev–Trinajstić information content (AvgIpc) is 2.90. The standard InChI is InChI=1S/C15H15IN4S/c1-8(2)5-11-13(16)14(17)20-15(19-11)9-6-12-10(18-7-9)3-4-21-12/h3-4,6-8H,5H2,1-2H3,(H2,17,19,20). The van der Waals surface area contributed by atoms with Gasteiger partial charge in [0, 0.05) is 11.8 Å². The molecular formula is C15H15IN4S. The second-order valence-corrected chi connectivity index (χ2v) is 7.35. The van der Waals surface area contributed by atoms with Crippen molar-refractivity contribution in [3.8, 4) is 11.4 Å². The highest BCUT2D eigenvalue weighted by atomic mass is 127. The fourth-order valence-electron chi connectivity index (χ4n) is 2.13. The highest BCUT2D eigenvalue weighted by Gasteiger charge is 2.13. The summed E-state index contributed by atoms with van der Waals surface area (Å²) in [6.45, 7) is 4.35. The first-order chi connectivity index (χ1) is 10.0. The number of thiophene rings is 1. The minimum absolute atomic E-state index is 0.526. The Bertz CT molecular complexity index is 797. The molecule has 0 amide bonds. The van der Waals surface area contributed by atoms with Crippen molar-refractivity contribution in [1.29, 1.82) is 0 Å². The first kappa shape index (κ1) is 14.6. The molecule has 3 aromatic heterocycles. The lowest BCUT2D eigenvalue weighted by atomic mass is 10.1. The fraction of sp³-hybridized carbons (Fsp3) is 0.267. The summed E-state index contributed by atoms with van der Waals surface area (Å²) in [6.07, 6.45) is 2.71. The fourth-order valence-corrected chi connectivity index (χ4v) is 3.37. The smallest absolute Gasteiger partial charge is 0.163 e. The van der Waals surface area contributed by atoms with Gasteiger partial charge in [0.1, 0.15) is 5.82 Å². The highest BCUT2D eigenvalue weighted by molar-refractivity contribution is 14.1. The molecule has 3 aromatic rings. The third-order valence-corrected chi connectivity index (χ3v) is 5.14. The Balaban J connectivity index is 2.10. The zero-order valence-corrected chi connectivity index (χ0v) is 14.8. The van der Waals surface area contributed by atoms with Crippen LogP contribution < -0.4 is 5.73 Å². The van der Waals surface area contributed by atoms with Crippen molar-refractivity contribution in [2.45, 2.75) is 20.3 Å². The quantitative estimate of drug-likeness (QED) is 0.660. The minimum Gasteiger partial charge on any atom is -0.383 e. The van der Waals surface area contributed by atoms with Crippen LogP contribution in [0.1, 0.15) is 19.5 Å². The second-order valence-electron chi connectivity index (χ2n) is 5.32. The molecular weight excluding hydrogens is 395 g/mol. The predicted octanol–water partition coefficient (Wildman–Crippen LogP) is 4.14. The molecule has 0 unspecified atom stereocenters. The molecule has 0 aromatic carbocycles. The first-order valence-corrected chi connectivity index (χ1v) is 8.66. The van der Waals surface area contributed by atoms with E-state index in [9.17, 15) is 0 Å². The van der Waals surface area contributed by atoms with Crippen LogP contribution in [0, 0.1) is 9.49 Å². The van der Waals surface area contributed by atoms with E-state index >= 15 is 0 Å². The van der Waals surface area contributed by atoms with Crippen LogP contribution in [0.4, 0.5) is 5.82 Å². The van der Waals surface area contributed by atoms with Crippen molar-refractivity contribution in [1.82, 2.24) is 15.0 Å². The van der Waals surface area contributed by atoms with Crippen LogP contribution in [0.2, 0.25) is 0 Å². The van der Waals surface area contributed by atoms with Crippen molar-refractivity contribution in [2.24, 2.45) is 5.92 Å². The Morgan fingerprint density at radius 3 is 2.90 bits per heavy atom. The summed E-state index contributed by atoms with van der Waals surface area (Å²) in [5.41, 5.74) is 8.98. The van der Waals surface area contributed by atoms with E-state index < -0.39 is 0 Å². The molecule has 21 heavy (non-hydrogen) atoms. The van der Waals surface area contributed by atoms with Gasteiger partial charge in [-0.2, -0.15) is 0 Å². The number of nitrogens with two attached hydrogens (primary N) is 1. The van der Waals surface area contributed by atoms with E-state index in [0.717, 1.165) is 31.5 Å². The summed E-state index contributed by atoms with van der Waals surface area (Å²) < 4.78 is 2.09. The molecule has 108 valence electrons. The number of nitrogens with zero attached hydrogens (tertiary/aromatic N) is 3. The molecule has 0 atom stereocenters. The van der Waals surface area contributed by atoms with Gasteiger partial charge in [-0.25, -0.2) is 9.97 Å². The van der Waals surface area contributed by atoms with E-state index in [4.69, 9.17) is 10.7 Å². The summed E-state index contributed by atoms with van der Waals surface area (Å²) in [5, 5.41) is 2.04. The van der Waals surface area contributed by atoms with Gasteiger partial charge in [0.25, 0.3) is 0 Å². The Morgan fingerprint density at radius 1 is 1.33 bits per heavy atom. The molecule has 4 nitrogen and oxygen atoms in total. The number of hydrogen-bond acceptors (Lipinski definition) is 5. The van der Waals surface area contributed by atoms with Crippen LogP contribution in [0.3, 0.4) is 0 Å². The van der Waals surface area contributed by atoms with E-state index in [1.54, 1.807) is 11.3 Å². The molecule has 0 bridgehead atoms. The zero-order valence-electron chi connectivity index (χ0n) is 11.8. The van der Waals surface area contributed by atoms with Crippen molar-refractivity contribution in [3.63, 3.8) is 0 Å². The first-order valence-electron chi connectivity index (χ1n) is 6.70. The minimum atomic E-state index is 0.526. The zero-order chi connectivity index (χ0) is 15.0. The lowest BCUT2D eigenvalue weighted by Crippen LogP contribution is -2.07. The summed E-state index contributed by atoms with van der Waals surface area (Å²) in [4.78, 5) is 13.6. The van der Waals surface area contributed by atoms with Crippen LogP contribution in [-0.2, 0) is 6.42 Å². The normalized spacial score (nSPS) is 11.4. The maximum atomic E-state index is 6.05. The molecule has 0 aliphatic rings. The van der Waals surface area contributed by atoms with Crippen molar-refractivity contribution in [2.75, 3.05) is 5.73 Å². The molecule has 0 aliphatic heterocycles. The topological polar surface area (TPSA) is 64.7 Å². The van der Waals surface area contributed by atoms with Gasteiger partial charge in [0.05, 0.1) is 19.5 Å². The largest absolute Gasteiger partial charge is 0.383 e. The molecule has 0 saturated carbocycles. The summed E-state index contributed by atoms with van der Waals surface area (Å²) in [5.74, 6) is 1.73. The maximum Gasteiger partial charge on any atom is 0.163 e. The molecule has 0 saturated heterocycles. The van der Waals surface area contributed by atoms with Crippen LogP contribution in [-0.4, -0.2) is 15.0 Å². The van der Waals surface area contributed by atoms with E-state index in [2.05, 4.69) is 52.5 Å². The van der Waals surface area contributed by atoms with Crippen LogP contribution in [0.25, 0.3) is 21.6 Å². The number of nitrogen functional groups attached to an aromatic ring is 1. The SMILES string of the molecule is CC(C)Cc1nc(-c2cnc3ccsc3c2)nc(N)c1I. The summed E-state index contributed by atoms with van der Waals surface area (Å²) >= 11 is 3.89. The van der Waals surface area contributed by atoms with Crippen LogP contribution in [0.5, 0.6) is 0 Å². The molecule has 6 heteroatoms. The highest BCUT2D eigenvalue weighted by Crippen LogP contribution is 2.27. The Hall–Kier alpha value is -1.28. The van der Waals surface area contributed by atoms with E-state index in [-0.39, 0.29) is 0 Å². The number of aromatic nitrogens is 3. The number of rotatable bonds is 3. The predicted molar refractivity (Wildman–Crippen MR) is 96.3 cm³/mol. The Morgan fingerprint density at radius 2 is 2.14 bits per heavy atom. The monoisotopic (exact) mass is 410 g/mol. The van der Waals surface area contributed by atoms with E-state index in [0.29, 0.717) is 17.6 Å². The average molecular weight is 410 g/mol. The van der Waals surface area contributed by atoms with Gasteiger partial charge in [-0.15, -0.1) is 11.3 Å². The summed E-state index contributed by atoms with van der Waals surface area (Å²) in [6, 6.07) is 4.09. The molecule has 0 aliphatic carbocycles. The third kappa shape index (κ3) is 3.01. The lowest BCUT2D eigenvalue weighted by Gasteiger charge is -2.10. The Kier molecular flexibility index (Phi) is 4.08. The molecule has 0 radical (unpaired) electrons. The van der Waals surface area contributed by atoms with Crippen LogP contribution in [0.15, 0.2) is 23.7 Å². The van der Waals surface area contributed by atoms with Gasteiger partial charge in [0.15, 0.2) is 5.82 Å². The van der Waals surface area contributed by atoms with Gasteiger partial charge in [-0.1, -0.05) is 13.8 Å². The maximum absolute atomic E-state index is 6.05. The Labute approximate surface area is 141 Å².